The van der Waals surface area contributed by atoms with Gasteiger partial charge in [-0.1, -0.05) is 98.7 Å². The summed E-state index contributed by atoms with van der Waals surface area (Å²) in [4.78, 5) is 10.0. The molecule has 0 saturated carbocycles. The molecule has 0 amide bonds. The molecule has 1 aliphatic rings. The van der Waals surface area contributed by atoms with Gasteiger partial charge in [0.25, 0.3) is 0 Å². The van der Waals surface area contributed by atoms with Crippen molar-refractivity contribution < 1.29 is 9.47 Å². The van der Waals surface area contributed by atoms with Crippen molar-refractivity contribution in [3.05, 3.63) is 131 Å². The minimum absolute atomic E-state index is 0.0104. The van der Waals surface area contributed by atoms with Gasteiger partial charge < -0.3 is 9.47 Å². The molecule has 0 saturated heterocycles. The molecular formula is C46H51N3O2. The summed E-state index contributed by atoms with van der Waals surface area (Å²) in [7, 11) is 0. The first-order valence-corrected chi connectivity index (χ1v) is 18.1. The highest BCUT2D eigenvalue weighted by Crippen LogP contribution is 2.42. The number of nitrogens with zero attached hydrogens (tertiary/aromatic N) is 3. The van der Waals surface area contributed by atoms with Crippen molar-refractivity contribution >= 4 is 27.7 Å². The van der Waals surface area contributed by atoms with Crippen LogP contribution in [0.4, 0.5) is 0 Å². The molecular weight excluding hydrogens is 627 g/mol. The lowest BCUT2D eigenvalue weighted by Crippen LogP contribution is -2.23. The van der Waals surface area contributed by atoms with Gasteiger partial charge in [0.2, 0.25) is 5.90 Å². The fourth-order valence-electron chi connectivity index (χ4n) is 6.97. The molecule has 0 radical (unpaired) electrons. The number of hydrogen-bond acceptors (Lipinski definition) is 4. The predicted octanol–water partition coefficient (Wildman–Crippen LogP) is 12.2. The monoisotopic (exact) mass is 677 g/mol. The molecule has 6 aromatic rings. The van der Waals surface area contributed by atoms with E-state index < -0.39 is 5.54 Å². The van der Waals surface area contributed by atoms with E-state index in [1.807, 2.05) is 12.3 Å². The van der Waals surface area contributed by atoms with Gasteiger partial charge in [0, 0.05) is 28.6 Å². The number of hydrogen-bond donors (Lipinski definition) is 0. The average molecular weight is 678 g/mol. The number of aliphatic imine (C=N–C) groups is 1. The molecule has 5 nitrogen and oxygen atoms in total. The predicted molar refractivity (Wildman–Crippen MR) is 212 cm³/mol. The molecule has 2 aromatic heterocycles. The van der Waals surface area contributed by atoms with Crippen LogP contribution in [0.2, 0.25) is 0 Å². The van der Waals surface area contributed by atoms with Gasteiger partial charge >= 0.3 is 0 Å². The van der Waals surface area contributed by atoms with E-state index in [-0.39, 0.29) is 22.3 Å². The molecule has 0 aliphatic carbocycles. The van der Waals surface area contributed by atoms with Crippen LogP contribution in [0.1, 0.15) is 110 Å². The summed E-state index contributed by atoms with van der Waals surface area (Å²) in [6.07, 6.45) is 1.75. The number of benzene rings is 4. The summed E-state index contributed by atoms with van der Waals surface area (Å²) < 4.78 is 15.7. The first-order valence-electron chi connectivity index (χ1n) is 18.1. The lowest BCUT2D eigenvalue weighted by atomic mass is 9.86. The van der Waals surface area contributed by atoms with Crippen molar-refractivity contribution in [3.63, 3.8) is 0 Å². The maximum atomic E-state index is 6.78. The van der Waals surface area contributed by atoms with Gasteiger partial charge in [0.1, 0.15) is 22.9 Å². The van der Waals surface area contributed by atoms with Crippen LogP contribution in [-0.4, -0.2) is 21.0 Å². The van der Waals surface area contributed by atoms with Crippen molar-refractivity contribution in [2.75, 3.05) is 0 Å². The summed E-state index contributed by atoms with van der Waals surface area (Å²) in [5.74, 6) is 3.03. The summed E-state index contributed by atoms with van der Waals surface area (Å²) in [5.41, 5.74) is 7.37. The Balaban J connectivity index is 1.34. The molecule has 0 bridgehead atoms. The zero-order valence-corrected chi connectivity index (χ0v) is 32.1. The Bertz CT molecular complexity index is 2290. The van der Waals surface area contributed by atoms with Gasteiger partial charge in [0.05, 0.1) is 11.0 Å². The third-order valence-corrected chi connectivity index (χ3v) is 10.1. The maximum Gasteiger partial charge on any atom is 0.217 e. The smallest absolute Gasteiger partial charge is 0.217 e. The van der Waals surface area contributed by atoms with Crippen LogP contribution in [0.3, 0.4) is 0 Å². The van der Waals surface area contributed by atoms with E-state index >= 15 is 0 Å². The van der Waals surface area contributed by atoms with Crippen LogP contribution >= 0.6 is 0 Å². The van der Waals surface area contributed by atoms with E-state index in [1.54, 1.807) is 0 Å². The molecule has 4 aromatic carbocycles. The molecule has 5 heteroatoms. The van der Waals surface area contributed by atoms with Crippen molar-refractivity contribution in [3.8, 4) is 17.3 Å². The highest BCUT2D eigenvalue weighted by atomic mass is 16.5. The highest BCUT2D eigenvalue weighted by Gasteiger charge is 2.40. The largest absolute Gasteiger partial charge is 0.467 e. The zero-order chi connectivity index (χ0) is 36.5. The van der Waals surface area contributed by atoms with Crippen LogP contribution in [0.25, 0.3) is 27.6 Å². The second-order valence-corrected chi connectivity index (χ2v) is 17.7. The van der Waals surface area contributed by atoms with Gasteiger partial charge in [-0.2, -0.15) is 0 Å². The molecule has 0 spiro atoms. The molecule has 0 fully saturated rings. The van der Waals surface area contributed by atoms with Crippen molar-refractivity contribution in [2.45, 2.75) is 104 Å². The summed E-state index contributed by atoms with van der Waals surface area (Å²) in [6, 6.07) is 34.3. The SMILES string of the molecule is CC(C)(C)c1cc(Oc2ccc3c4cc(C(C)(C)C)ccc4n(-c4cc(C(C)(C)C)ccn4)c3c2)cc(C2=NC(C)(C)[C@H](c3ccccc3)O2)c1. The average Bonchev–Trinajstić information content (AvgIpc) is 3.56. The molecule has 1 aliphatic heterocycles. The van der Waals surface area contributed by atoms with Crippen molar-refractivity contribution in [1.29, 1.82) is 0 Å². The molecule has 1 atom stereocenters. The number of ether oxygens (including phenoxy) is 2. The standard InChI is InChI=1S/C46H51N3O2/c1-43(2,3)31-17-20-38-37(26-31)36-19-18-34(28-39(36)49(38)40-27-32(21-22-47-40)44(4,5)6)50-35-24-30(23-33(25-35)45(7,8)9)42-48-46(10,11)41(51-42)29-15-13-12-14-16-29/h12-28,41H,1-11H3/t41-/m0/s1. The summed E-state index contributed by atoms with van der Waals surface area (Å²) in [6.45, 7) is 24.4. The number of rotatable bonds is 5. The Kier molecular flexibility index (Phi) is 8.20. The quantitative estimate of drug-likeness (QED) is 0.182. The molecule has 3 heterocycles. The minimum atomic E-state index is -0.418. The Labute approximate surface area is 303 Å². The molecule has 0 N–H and O–H groups in total. The molecule has 7 rings (SSSR count). The molecule has 0 unspecified atom stereocenters. The minimum Gasteiger partial charge on any atom is -0.467 e. The van der Waals surface area contributed by atoms with E-state index in [4.69, 9.17) is 19.5 Å². The topological polar surface area (TPSA) is 48.6 Å². The Morgan fingerprint density at radius 2 is 1.31 bits per heavy atom. The van der Waals surface area contributed by atoms with Gasteiger partial charge in [-0.3, -0.25) is 4.57 Å². The van der Waals surface area contributed by atoms with E-state index in [0.29, 0.717) is 5.90 Å². The number of aromatic nitrogens is 2. The fourth-order valence-corrected chi connectivity index (χ4v) is 6.97. The molecule has 51 heavy (non-hydrogen) atoms. The lowest BCUT2D eigenvalue weighted by molar-refractivity contribution is 0.158. The zero-order valence-electron chi connectivity index (χ0n) is 32.1. The number of pyridine rings is 1. The van der Waals surface area contributed by atoms with Gasteiger partial charge in [-0.05, 0) is 107 Å². The number of fused-ring (bicyclic) bond motifs is 3. The highest BCUT2D eigenvalue weighted by molar-refractivity contribution is 6.09. The Hall–Kier alpha value is -4.90. The third-order valence-electron chi connectivity index (χ3n) is 10.1. The van der Waals surface area contributed by atoms with Crippen LogP contribution < -0.4 is 4.74 Å². The normalized spacial score (nSPS) is 16.4. The summed E-state index contributed by atoms with van der Waals surface area (Å²) >= 11 is 0. The lowest BCUT2D eigenvalue weighted by Gasteiger charge is -2.23. The maximum absolute atomic E-state index is 6.78. The van der Waals surface area contributed by atoms with E-state index in [1.165, 1.54) is 21.9 Å². The van der Waals surface area contributed by atoms with Gasteiger partial charge in [0.15, 0.2) is 6.10 Å². The second kappa shape index (κ2) is 12.1. The van der Waals surface area contributed by atoms with Crippen molar-refractivity contribution in [2.24, 2.45) is 4.99 Å². The van der Waals surface area contributed by atoms with Gasteiger partial charge in [-0.25, -0.2) is 9.98 Å². The first-order chi connectivity index (χ1) is 23.9. The van der Waals surface area contributed by atoms with Crippen LogP contribution in [0, 0.1) is 0 Å². The molecule has 262 valence electrons. The van der Waals surface area contributed by atoms with Gasteiger partial charge in [-0.15, -0.1) is 0 Å². The second-order valence-electron chi connectivity index (χ2n) is 17.7. The fraction of sp³-hybridized carbons (Fsp3) is 0.348. The van der Waals surface area contributed by atoms with Crippen LogP contribution in [0.5, 0.6) is 11.5 Å². The van der Waals surface area contributed by atoms with Crippen LogP contribution in [-0.2, 0) is 21.0 Å². The van der Waals surface area contributed by atoms with Crippen LogP contribution in [0.15, 0.2) is 108 Å². The summed E-state index contributed by atoms with van der Waals surface area (Å²) in [5, 5.41) is 2.37. The third kappa shape index (κ3) is 6.67. The van der Waals surface area contributed by atoms with Crippen molar-refractivity contribution in [1.82, 2.24) is 9.55 Å². The van der Waals surface area contributed by atoms with E-state index in [2.05, 4.69) is 172 Å². The van der Waals surface area contributed by atoms with E-state index in [0.717, 1.165) is 45.0 Å². The van der Waals surface area contributed by atoms with E-state index in [9.17, 15) is 0 Å². The first kappa shape index (κ1) is 34.5. The Morgan fingerprint density at radius 1 is 0.627 bits per heavy atom. The Morgan fingerprint density at radius 3 is 2.00 bits per heavy atom.